The summed E-state index contributed by atoms with van der Waals surface area (Å²) in [5, 5.41) is 4.76. The van der Waals surface area contributed by atoms with Crippen LogP contribution in [0.5, 0.6) is 34.5 Å². The molecule has 10 heteroatoms. The monoisotopic (exact) mass is 1760 g/mol. The molecule has 0 amide bonds. The Labute approximate surface area is 793 Å². The fourth-order valence-corrected chi connectivity index (χ4v) is 22.0. The van der Waals surface area contributed by atoms with Gasteiger partial charge in [-0.3, -0.25) is 0 Å². The van der Waals surface area contributed by atoms with Gasteiger partial charge in [-0.15, -0.1) is 0 Å². The molecule has 0 saturated carbocycles. The average Bonchev–Trinajstić information content (AvgIpc) is 1.54. The molecule has 24 rings (SSSR count). The normalized spacial score (nSPS) is 12.8. The molecule has 2 aromatic heterocycles. The molecule has 136 heavy (non-hydrogen) atoms. The van der Waals surface area contributed by atoms with E-state index in [4.69, 9.17) is 18.9 Å². The van der Waals surface area contributed by atoms with Gasteiger partial charge in [-0.1, -0.05) is 245 Å². The number of aromatic nitrogens is 2. The molecule has 0 radical (unpaired) electrons. The maximum atomic E-state index is 6.74. The molecule has 0 atom stereocenters. The molecule has 2 aliphatic carbocycles. The van der Waals surface area contributed by atoms with Gasteiger partial charge in [0, 0.05) is 135 Å². The first-order valence-corrected chi connectivity index (χ1v) is 46.6. The van der Waals surface area contributed by atoms with E-state index in [1.807, 2.05) is 48.6 Å². The molecule has 0 saturated heterocycles. The summed E-state index contributed by atoms with van der Waals surface area (Å²) >= 11 is 0. The molecule has 0 N–H and O–H groups in total. The Bertz CT molecular complexity index is 7600. The summed E-state index contributed by atoms with van der Waals surface area (Å²) in [6.07, 6.45) is 7.56. The van der Waals surface area contributed by atoms with Crippen molar-refractivity contribution in [3.8, 4) is 56.8 Å². The van der Waals surface area contributed by atoms with Crippen LogP contribution in [0.1, 0.15) is 107 Å². The van der Waals surface area contributed by atoms with Crippen molar-refractivity contribution in [2.45, 2.75) is 50.6 Å². The van der Waals surface area contributed by atoms with Crippen molar-refractivity contribution in [1.82, 2.24) is 9.13 Å². The number of hydrogen-bond acceptors (Lipinski definition) is 8. The largest absolute Gasteiger partial charge is 0.497 e. The van der Waals surface area contributed by atoms with E-state index in [2.05, 4.69) is 459 Å². The van der Waals surface area contributed by atoms with Crippen molar-refractivity contribution in [1.29, 1.82) is 0 Å². The number of methoxy groups -OCH3 is 2. The molecule has 10 nitrogen and oxygen atoms in total. The van der Waals surface area contributed by atoms with E-state index in [-0.39, 0.29) is 12.1 Å². The summed E-state index contributed by atoms with van der Waals surface area (Å²) in [5.74, 6) is 5.13. The number of ether oxygens (including phenoxy) is 4. The van der Waals surface area contributed by atoms with Gasteiger partial charge < -0.3 is 47.7 Å². The van der Waals surface area contributed by atoms with E-state index in [1.54, 1.807) is 14.2 Å². The molecule has 20 aromatic rings. The van der Waals surface area contributed by atoms with Crippen molar-refractivity contribution >= 4 is 136 Å². The van der Waals surface area contributed by atoms with Gasteiger partial charge in [0.2, 0.25) is 0 Å². The predicted molar refractivity (Wildman–Crippen MR) is 567 cm³/mol. The third-order valence-electron chi connectivity index (χ3n) is 28.0. The van der Waals surface area contributed by atoms with Crippen LogP contribution in [-0.4, -0.2) is 23.4 Å². The van der Waals surface area contributed by atoms with Crippen molar-refractivity contribution in [3.05, 3.63) is 493 Å². The molecule has 4 aliphatic rings. The third-order valence-corrected chi connectivity index (χ3v) is 28.0. The number of anilines is 12. The third kappa shape index (κ3) is 13.4. The van der Waals surface area contributed by atoms with Gasteiger partial charge in [0.25, 0.3) is 0 Å². The zero-order valence-electron chi connectivity index (χ0n) is 76.7. The van der Waals surface area contributed by atoms with Crippen LogP contribution in [0.4, 0.5) is 68.2 Å². The molecule has 4 heterocycles. The van der Waals surface area contributed by atoms with E-state index in [9.17, 15) is 0 Å². The standard InChI is InChI=1S/C81H57N3O2.C45H41N3O2/c1-5-52-31-35-54(36-32-52)83(56-39-43-62-60-19-7-9-21-66(60)80(72(62)47-56)68-23-11-15-27-76(68)85-77-28-16-12-24-69(77)80)58-41-45-64-65-46-42-59(50-75(65)82(51(3)4)74(64)49-58)84(55-37-33-53(6-2)34-38-55)57-40-44-63-61-20-8-10-22-67(61)81(73(63)48-57)70-25-13-17-29-78(70)86-79-30-18-14-26-71(79)81;1-7-32-9-13-34(14-10-32)47(36-17-23-40(49-5)24-18-36)38-21-27-44-42(29-38)43-30-39(22-28-45(43)46(44)31(3)4)48(35-15-11-33(8-2)12-16-35)37-19-25-41(50-6)26-20-37/h5-51H,1-2H2,3-4H3;7-31H,1-2H2,3-6H3. The number of rotatable bonds is 20. The van der Waals surface area contributed by atoms with Gasteiger partial charge in [0.05, 0.1) is 36.1 Å². The highest BCUT2D eigenvalue weighted by Crippen LogP contribution is 2.66. The summed E-state index contributed by atoms with van der Waals surface area (Å²) < 4.78 is 29.4. The topological polar surface area (TPSA) is 59.7 Å². The van der Waals surface area contributed by atoms with Crippen LogP contribution >= 0.6 is 0 Å². The predicted octanol–water partition coefficient (Wildman–Crippen LogP) is 34.2. The van der Waals surface area contributed by atoms with Crippen molar-refractivity contribution < 1.29 is 18.9 Å². The molecular formula is C126H98N6O4. The smallest absolute Gasteiger partial charge is 0.132 e. The maximum Gasteiger partial charge on any atom is 0.132 e. The van der Waals surface area contributed by atoms with Crippen LogP contribution in [0.25, 0.3) is 90.2 Å². The minimum absolute atomic E-state index is 0.111. The first-order chi connectivity index (χ1) is 66.8. The Balaban J connectivity index is 0.000000177. The molecular weight excluding hydrogens is 1660 g/mol. The quantitative estimate of drug-likeness (QED) is 0.0748. The number of fused-ring (bicyclic) bond motifs is 24. The Kier molecular flexibility index (Phi) is 20.6. The van der Waals surface area contributed by atoms with Crippen LogP contribution in [0, 0.1) is 0 Å². The van der Waals surface area contributed by atoms with Gasteiger partial charge in [0.15, 0.2) is 0 Å². The Morgan fingerprint density at radius 2 is 0.478 bits per heavy atom. The van der Waals surface area contributed by atoms with Gasteiger partial charge in [-0.25, -0.2) is 0 Å². The lowest BCUT2D eigenvalue weighted by molar-refractivity contribution is 0.414. The van der Waals surface area contributed by atoms with Crippen molar-refractivity contribution in [2.24, 2.45) is 0 Å². The van der Waals surface area contributed by atoms with Crippen LogP contribution in [0.2, 0.25) is 0 Å². The van der Waals surface area contributed by atoms with E-state index in [1.165, 1.54) is 77.1 Å². The summed E-state index contributed by atoms with van der Waals surface area (Å²) in [6.45, 7) is 25.2. The lowest BCUT2D eigenvalue weighted by Gasteiger charge is -2.39. The minimum Gasteiger partial charge on any atom is -0.497 e. The number of nitrogens with zero attached hydrogens (tertiary/aromatic N) is 6. The molecule has 0 bridgehead atoms. The fourth-order valence-electron chi connectivity index (χ4n) is 22.0. The number of hydrogen-bond donors (Lipinski definition) is 0. The van der Waals surface area contributed by atoms with Gasteiger partial charge in [-0.2, -0.15) is 0 Å². The van der Waals surface area contributed by atoms with E-state index in [0.29, 0.717) is 0 Å². The highest BCUT2D eigenvalue weighted by molar-refractivity contribution is 6.13. The van der Waals surface area contributed by atoms with E-state index < -0.39 is 10.8 Å². The average molecular weight is 1760 g/mol. The maximum absolute atomic E-state index is 6.74. The Morgan fingerprint density at radius 1 is 0.235 bits per heavy atom. The lowest BCUT2D eigenvalue weighted by atomic mass is 9.66. The second-order valence-corrected chi connectivity index (χ2v) is 35.9. The highest BCUT2D eigenvalue weighted by atomic mass is 16.5. The second kappa shape index (κ2) is 33.6. The summed E-state index contributed by atoms with van der Waals surface area (Å²) in [4.78, 5) is 9.44. The number of benzene rings is 18. The van der Waals surface area contributed by atoms with Crippen LogP contribution in [0.3, 0.4) is 0 Å². The van der Waals surface area contributed by atoms with Gasteiger partial charge in [0.1, 0.15) is 34.5 Å². The van der Waals surface area contributed by atoms with E-state index in [0.717, 1.165) is 158 Å². The lowest BCUT2D eigenvalue weighted by Crippen LogP contribution is -2.32. The molecule has 2 aliphatic heterocycles. The Morgan fingerprint density at radius 3 is 0.787 bits per heavy atom. The van der Waals surface area contributed by atoms with Crippen molar-refractivity contribution in [3.63, 3.8) is 0 Å². The SMILES string of the molecule is C=Cc1ccc(N(c2ccc(OC)cc2)c2ccc3c(c2)c2cc(N(c4ccc(C=C)cc4)c4ccc(OC)cc4)ccc2n3C(C)C)cc1.C=Cc1ccc(N(c2ccc3c(c2)C2(c4ccccc4Oc4ccccc42)c2ccccc2-3)c2ccc3c4ccc(N(c5ccc(C=C)cc5)c5ccc6c(c5)C5(c7ccccc7Oc7ccccc75)c5ccccc5-6)cc4n(C(C)C)c3c2)cc1. The summed E-state index contributed by atoms with van der Waals surface area (Å²) in [6, 6.07) is 145. The molecule has 2 spiro atoms. The minimum atomic E-state index is -0.618. The van der Waals surface area contributed by atoms with Crippen molar-refractivity contribution in [2.75, 3.05) is 33.8 Å². The summed E-state index contributed by atoms with van der Waals surface area (Å²) in [7, 11) is 3.39. The van der Waals surface area contributed by atoms with E-state index >= 15 is 0 Å². The van der Waals surface area contributed by atoms with Gasteiger partial charge in [-0.05, 0) is 301 Å². The molecule has 18 aromatic carbocycles. The fraction of sp³-hybridized carbons (Fsp3) is 0.0794. The van der Waals surface area contributed by atoms with Crippen LogP contribution in [0.15, 0.2) is 427 Å². The molecule has 0 fully saturated rings. The first kappa shape index (κ1) is 83.3. The van der Waals surface area contributed by atoms with Crippen LogP contribution in [-0.2, 0) is 10.8 Å². The molecule has 656 valence electrons. The second-order valence-electron chi connectivity index (χ2n) is 35.9. The Hall–Kier alpha value is -17.1. The highest BCUT2D eigenvalue weighted by Gasteiger charge is 2.53. The van der Waals surface area contributed by atoms with Gasteiger partial charge >= 0.3 is 0 Å². The zero-order valence-corrected chi connectivity index (χ0v) is 76.7. The first-order valence-electron chi connectivity index (χ1n) is 46.6. The molecule has 0 unspecified atom stereocenters. The summed E-state index contributed by atoms with van der Waals surface area (Å²) in [5.41, 5.74) is 34.8. The zero-order chi connectivity index (χ0) is 92.2. The van der Waals surface area contributed by atoms with Crippen LogP contribution < -0.4 is 38.5 Å². The number of para-hydroxylation sites is 4.